The maximum atomic E-state index is 14.8. The number of ether oxygens (including phenoxy) is 1. The molecule has 32 heavy (non-hydrogen) atoms. The largest absolute Gasteiger partial charge is 0.475 e. The molecule has 0 aromatic heterocycles. The number of amides is 2. The van der Waals surface area contributed by atoms with Gasteiger partial charge < -0.3 is 20.7 Å². The molecule has 5 N–H and O–H groups in total. The zero-order chi connectivity index (χ0) is 23.0. The fourth-order valence-corrected chi connectivity index (χ4v) is 5.56. The molecule has 2 aliphatic carbocycles. The summed E-state index contributed by atoms with van der Waals surface area (Å²) in [5.41, 5.74) is 9.16. The lowest BCUT2D eigenvalue weighted by Crippen LogP contribution is -2.42. The highest BCUT2D eigenvalue weighted by molar-refractivity contribution is 7.95. The number of hydrogen-bond acceptors (Lipinski definition) is 7. The van der Waals surface area contributed by atoms with Crippen LogP contribution in [0.15, 0.2) is 16.1 Å². The van der Waals surface area contributed by atoms with Crippen molar-refractivity contribution in [2.45, 2.75) is 44.6 Å². The van der Waals surface area contributed by atoms with Crippen LogP contribution in [0.25, 0.3) is 0 Å². The van der Waals surface area contributed by atoms with Gasteiger partial charge in [0.05, 0.1) is 12.6 Å². The second-order valence-electron chi connectivity index (χ2n) is 8.53. The number of aliphatic imine (C=N–C) groups is 1. The van der Waals surface area contributed by atoms with Crippen LogP contribution < -0.4 is 15.8 Å². The Kier molecular flexibility index (Phi) is 6.13. The number of carbonyl (C=O) groups excluding carboxylic acids is 1. The number of carbonyl (C=O) groups is 1. The third-order valence-corrected chi connectivity index (χ3v) is 7.71. The number of urea groups is 1. The van der Waals surface area contributed by atoms with Gasteiger partial charge in [0.2, 0.25) is 5.90 Å². The van der Waals surface area contributed by atoms with E-state index in [4.69, 9.17) is 15.3 Å². The molecule has 0 saturated carbocycles. The number of rotatable bonds is 5. The van der Waals surface area contributed by atoms with Gasteiger partial charge in [0.15, 0.2) is 9.92 Å². The van der Waals surface area contributed by atoms with Crippen LogP contribution in [-0.4, -0.2) is 54.3 Å². The molecule has 2 unspecified atom stereocenters. The fourth-order valence-electron chi connectivity index (χ4n) is 4.58. The standard InChI is InChI=1S/C21H29FN6O3S/c1-28(2)12-10-25-20(31-11-12)17(9-23)32(24,30)27-21(29)26-19-15-7-3-5-13(15)18(22)14-6-4-8-16(14)19/h9,12H,3-8,10-11,23H2,1-2H3,(H3,24,26,27,29,30). The Balaban J connectivity index is 1.54. The smallest absolute Gasteiger partial charge is 0.331 e. The van der Waals surface area contributed by atoms with Gasteiger partial charge in [-0.1, -0.05) is 0 Å². The maximum Gasteiger partial charge on any atom is 0.331 e. The second kappa shape index (κ2) is 8.70. The van der Waals surface area contributed by atoms with Crippen LogP contribution in [0.4, 0.5) is 14.9 Å². The monoisotopic (exact) mass is 464 g/mol. The zero-order valence-electron chi connectivity index (χ0n) is 18.3. The molecule has 4 rings (SSSR count). The molecule has 0 fully saturated rings. The SMILES string of the molecule is CN(C)C1CN=C(C(=CN)S(=N)(=O)NC(=O)Nc2c3c(c(F)c4c2CCC4)CCC3)OC1. The van der Waals surface area contributed by atoms with E-state index in [0.29, 0.717) is 55.6 Å². The first-order valence-corrected chi connectivity index (χ1v) is 12.3. The number of anilines is 1. The average molecular weight is 465 g/mol. The molecule has 1 aliphatic heterocycles. The molecular formula is C21H29FN6O3S. The first kappa shape index (κ1) is 22.5. The summed E-state index contributed by atoms with van der Waals surface area (Å²) in [6, 6.07) is -0.750. The predicted molar refractivity (Wildman–Crippen MR) is 121 cm³/mol. The van der Waals surface area contributed by atoms with Crippen molar-refractivity contribution < 1.29 is 18.1 Å². The maximum absolute atomic E-state index is 14.8. The first-order valence-electron chi connectivity index (χ1n) is 10.7. The van der Waals surface area contributed by atoms with Crippen LogP contribution in [0, 0.1) is 10.6 Å². The number of benzene rings is 1. The summed E-state index contributed by atoms with van der Waals surface area (Å²) >= 11 is 0. The molecule has 2 atom stereocenters. The second-order valence-corrected chi connectivity index (χ2v) is 10.3. The van der Waals surface area contributed by atoms with E-state index in [2.05, 4.69) is 15.0 Å². The van der Waals surface area contributed by atoms with Gasteiger partial charge >= 0.3 is 6.03 Å². The van der Waals surface area contributed by atoms with Gasteiger partial charge in [-0.15, -0.1) is 0 Å². The van der Waals surface area contributed by atoms with Crippen LogP contribution in [-0.2, 0) is 40.3 Å². The quantitative estimate of drug-likeness (QED) is 0.529. The molecule has 174 valence electrons. The number of hydrogen-bond donors (Lipinski definition) is 4. The highest BCUT2D eigenvalue weighted by Gasteiger charge is 2.31. The number of halogens is 1. The number of fused-ring (bicyclic) bond motifs is 2. The lowest BCUT2D eigenvalue weighted by molar-refractivity contribution is 0.167. The number of likely N-dealkylation sites (N-methyl/N-ethyl adjacent to an activating group) is 1. The van der Waals surface area contributed by atoms with Crippen molar-refractivity contribution in [1.82, 2.24) is 9.62 Å². The highest BCUT2D eigenvalue weighted by atomic mass is 32.2. The minimum Gasteiger partial charge on any atom is -0.475 e. The normalized spacial score (nSPS) is 21.9. The van der Waals surface area contributed by atoms with E-state index in [1.54, 1.807) is 0 Å². The third-order valence-electron chi connectivity index (χ3n) is 6.30. The van der Waals surface area contributed by atoms with Gasteiger partial charge in [0, 0.05) is 11.9 Å². The van der Waals surface area contributed by atoms with Gasteiger partial charge in [-0.3, -0.25) is 0 Å². The molecule has 3 aliphatic rings. The van der Waals surface area contributed by atoms with E-state index in [-0.39, 0.29) is 22.7 Å². The Bertz CT molecular complexity index is 1080. The summed E-state index contributed by atoms with van der Waals surface area (Å²) in [5, 5.41) is 2.76. The van der Waals surface area contributed by atoms with E-state index in [1.807, 2.05) is 19.0 Å². The highest BCUT2D eigenvalue weighted by Crippen LogP contribution is 2.40. The van der Waals surface area contributed by atoms with Gasteiger partial charge in [0.1, 0.15) is 17.3 Å². The van der Waals surface area contributed by atoms with Crippen molar-refractivity contribution in [2.24, 2.45) is 10.7 Å². The molecule has 0 saturated heterocycles. The molecule has 2 amide bonds. The first-order chi connectivity index (χ1) is 15.2. The Morgan fingerprint density at radius 2 is 1.81 bits per heavy atom. The Morgan fingerprint density at radius 3 is 2.31 bits per heavy atom. The van der Waals surface area contributed by atoms with Crippen molar-refractivity contribution in [3.63, 3.8) is 0 Å². The summed E-state index contributed by atoms with van der Waals surface area (Å²) in [6.45, 7) is 0.702. The molecular weight excluding hydrogens is 435 g/mol. The van der Waals surface area contributed by atoms with Crippen LogP contribution in [0.2, 0.25) is 0 Å². The third kappa shape index (κ3) is 4.06. The number of nitrogens with zero attached hydrogens (tertiary/aromatic N) is 2. The molecule has 1 aromatic rings. The average Bonchev–Trinajstić information content (AvgIpc) is 3.41. The van der Waals surface area contributed by atoms with Crippen molar-refractivity contribution in [2.75, 3.05) is 32.6 Å². The summed E-state index contributed by atoms with van der Waals surface area (Å²) in [4.78, 5) is 18.8. The molecule has 0 spiro atoms. The van der Waals surface area contributed by atoms with E-state index >= 15 is 0 Å². The molecule has 0 bridgehead atoms. The molecule has 11 heteroatoms. The summed E-state index contributed by atoms with van der Waals surface area (Å²) in [6.07, 6.45) is 5.28. The van der Waals surface area contributed by atoms with Crippen molar-refractivity contribution in [1.29, 1.82) is 4.78 Å². The number of nitrogens with one attached hydrogen (secondary N) is 3. The lowest BCUT2D eigenvalue weighted by atomic mass is 9.98. The van der Waals surface area contributed by atoms with Crippen molar-refractivity contribution in [3.05, 3.63) is 39.2 Å². The summed E-state index contributed by atoms with van der Waals surface area (Å²) < 4.78 is 44.0. The molecule has 0 radical (unpaired) electrons. The lowest BCUT2D eigenvalue weighted by Gasteiger charge is -2.28. The summed E-state index contributed by atoms with van der Waals surface area (Å²) in [7, 11) is -0.0358. The van der Waals surface area contributed by atoms with E-state index in [9.17, 15) is 13.4 Å². The van der Waals surface area contributed by atoms with Gasteiger partial charge in [0.25, 0.3) is 0 Å². The van der Waals surface area contributed by atoms with Crippen LogP contribution >= 0.6 is 0 Å². The topological polar surface area (TPSA) is 133 Å². The molecule has 1 heterocycles. The van der Waals surface area contributed by atoms with E-state index in [1.165, 1.54) is 0 Å². The molecule has 9 nitrogen and oxygen atoms in total. The Morgan fingerprint density at radius 1 is 1.22 bits per heavy atom. The van der Waals surface area contributed by atoms with Crippen molar-refractivity contribution >= 4 is 27.5 Å². The van der Waals surface area contributed by atoms with Gasteiger partial charge in [-0.2, -0.15) is 0 Å². The minimum atomic E-state index is -3.83. The van der Waals surface area contributed by atoms with Crippen LogP contribution in [0.5, 0.6) is 0 Å². The number of nitrogens with two attached hydrogens (primary N) is 1. The van der Waals surface area contributed by atoms with Crippen LogP contribution in [0.3, 0.4) is 0 Å². The summed E-state index contributed by atoms with van der Waals surface area (Å²) in [5.74, 6) is -0.147. The predicted octanol–water partition coefficient (Wildman–Crippen LogP) is 2.05. The van der Waals surface area contributed by atoms with Crippen molar-refractivity contribution in [3.8, 4) is 0 Å². The Labute approximate surface area is 187 Å². The zero-order valence-corrected chi connectivity index (χ0v) is 19.1. The Hall–Kier alpha value is -2.66. The van der Waals surface area contributed by atoms with E-state index < -0.39 is 15.9 Å². The molecule has 1 aromatic carbocycles. The van der Waals surface area contributed by atoms with E-state index in [0.717, 1.165) is 30.2 Å². The van der Waals surface area contributed by atoms with Gasteiger partial charge in [-0.05, 0) is 74.9 Å². The van der Waals surface area contributed by atoms with Gasteiger partial charge in [-0.25, -0.2) is 27.9 Å². The van der Waals surface area contributed by atoms with Crippen LogP contribution in [0.1, 0.15) is 35.1 Å². The minimum absolute atomic E-state index is 0.00512. The fraction of sp³-hybridized carbons (Fsp3) is 0.524.